The maximum Gasteiger partial charge on any atom is 0.223 e. The van der Waals surface area contributed by atoms with Gasteiger partial charge in [-0.15, -0.1) is 0 Å². The molecule has 0 aromatic heterocycles. The minimum atomic E-state index is 0.0707. The third-order valence-corrected chi connectivity index (χ3v) is 7.92. The van der Waals surface area contributed by atoms with E-state index in [9.17, 15) is 9.59 Å². The Kier molecular flexibility index (Phi) is 5.02. The number of likely N-dealkylation sites (N-methyl/N-ethyl adjacent to an activating group) is 1. The zero-order valence-electron chi connectivity index (χ0n) is 16.6. The third kappa shape index (κ3) is 3.64. The monoisotopic (exact) mass is 362 g/mol. The molecule has 2 amide bonds. The second-order valence-corrected chi connectivity index (χ2v) is 9.91. The van der Waals surface area contributed by atoms with E-state index in [1.54, 1.807) is 0 Å². The van der Waals surface area contributed by atoms with Crippen LogP contribution in [-0.2, 0) is 9.59 Å². The van der Waals surface area contributed by atoms with Gasteiger partial charge in [-0.05, 0) is 68.6 Å². The number of nitrogens with zero attached hydrogens (tertiary/aromatic N) is 1. The molecule has 1 atom stereocenters. The van der Waals surface area contributed by atoms with E-state index in [1.165, 1.54) is 43.4 Å². The van der Waals surface area contributed by atoms with Crippen molar-refractivity contribution in [1.29, 1.82) is 0 Å². The molecular weight excluding hydrogens is 326 g/mol. The standard InChI is InChI=1S/C21H35N3O2/c1-15(21-12-16-9-17(13-21)11-18(10-16)14-21)22-19(25)3-4-20(26)24-7-5-23(2)6-8-24/h15-18H,3-14H2,1-2H3,(H,22,25)/p+1/t15-,16?,17?,18?,21?/m0/s1. The number of amides is 2. The number of rotatable bonds is 5. The van der Waals surface area contributed by atoms with E-state index in [4.69, 9.17) is 0 Å². The van der Waals surface area contributed by atoms with Gasteiger partial charge in [0.2, 0.25) is 11.8 Å². The molecule has 0 unspecified atom stereocenters. The minimum Gasteiger partial charge on any atom is -0.353 e. The Morgan fingerprint density at radius 1 is 1.04 bits per heavy atom. The Hall–Kier alpha value is -1.10. The van der Waals surface area contributed by atoms with Crippen molar-refractivity contribution in [2.45, 2.75) is 64.3 Å². The topological polar surface area (TPSA) is 53.9 Å². The highest BCUT2D eigenvalue weighted by Crippen LogP contribution is 2.61. The van der Waals surface area contributed by atoms with Crippen LogP contribution in [0.2, 0.25) is 0 Å². The molecule has 0 aromatic rings. The number of hydrogen-bond donors (Lipinski definition) is 2. The van der Waals surface area contributed by atoms with Crippen molar-refractivity contribution < 1.29 is 14.5 Å². The summed E-state index contributed by atoms with van der Waals surface area (Å²) in [4.78, 5) is 28.3. The van der Waals surface area contributed by atoms with Crippen molar-refractivity contribution in [3.8, 4) is 0 Å². The molecule has 0 aromatic carbocycles. The lowest BCUT2D eigenvalue weighted by Gasteiger charge is -2.59. The summed E-state index contributed by atoms with van der Waals surface area (Å²) >= 11 is 0. The average Bonchev–Trinajstić information content (AvgIpc) is 2.59. The Morgan fingerprint density at radius 3 is 2.12 bits per heavy atom. The van der Waals surface area contributed by atoms with Gasteiger partial charge in [0.1, 0.15) is 0 Å². The maximum atomic E-state index is 12.5. The minimum absolute atomic E-state index is 0.0707. The first kappa shape index (κ1) is 18.3. The van der Waals surface area contributed by atoms with E-state index in [0.29, 0.717) is 18.3 Å². The summed E-state index contributed by atoms with van der Waals surface area (Å²) in [5.41, 5.74) is 0.342. The molecule has 4 saturated carbocycles. The first-order chi connectivity index (χ1) is 12.4. The molecule has 5 nitrogen and oxygen atoms in total. The van der Waals surface area contributed by atoms with Crippen molar-refractivity contribution in [2.75, 3.05) is 33.2 Å². The third-order valence-electron chi connectivity index (χ3n) is 7.92. The van der Waals surface area contributed by atoms with Gasteiger partial charge < -0.3 is 15.1 Å². The normalized spacial score (nSPS) is 37.6. The van der Waals surface area contributed by atoms with Gasteiger partial charge in [-0.2, -0.15) is 0 Å². The van der Waals surface area contributed by atoms with E-state index in [-0.39, 0.29) is 17.9 Å². The van der Waals surface area contributed by atoms with Gasteiger partial charge in [-0.25, -0.2) is 0 Å². The van der Waals surface area contributed by atoms with Crippen molar-refractivity contribution in [2.24, 2.45) is 23.2 Å². The smallest absolute Gasteiger partial charge is 0.223 e. The van der Waals surface area contributed by atoms with Gasteiger partial charge in [-0.1, -0.05) is 0 Å². The van der Waals surface area contributed by atoms with Crippen molar-refractivity contribution >= 4 is 11.8 Å². The molecule has 5 fully saturated rings. The molecule has 1 aliphatic heterocycles. The van der Waals surface area contributed by atoms with Crippen molar-refractivity contribution in [1.82, 2.24) is 10.2 Å². The number of nitrogens with one attached hydrogen (secondary N) is 2. The maximum absolute atomic E-state index is 12.5. The van der Waals surface area contributed by atoms with E-state index in [2.05, 4.69) is 19.3 Å². The van der Waals surface area contributed by atoms with Gasteiger partial charge >= 0.3 is 0 Å². The zero-order chi connectivity index (χ0) is 18.3. The largest absolute Gasteiger partial charge is 0.353 e. The molecule has 5 rings (SSSR count). The summed E-state index contributed by atoms with van der Waals surface area (Å²) in [7, 11) is 2.17. The molecule has 5 aliphatic rings. The molecule has 0 spiro atoms. The van der Waals surface area contributed by atoms with E-state index >= 15 is 0 Å². The Morgan fingerprint density at radius 2 is 1.58 bits per heavy atom. The fourth-order valence-corrected chi connectivity index (χ4v) is 6.69. The SMILES string of the molecule is C[C@H](NC(=O)CCC(=O)N1CC[NH+](C)CC1)C12CC3CC(CC(C3)C1)C2. The van der Waals surface area contributed by atoms with Gasteiger partial charge in [0.05, 0.1) is 33.2 Å². The molecule has 0 radical (unpaired) electrons. The molecule has 146 valence electrons. The van der Waals surface area contributed by atoms with Crippen LogP contribution in [0.15, 0.2) is 0 Å². The highest BCUT2D eigenvalue weighted by molar-refractivity contribution is 5.84. The summed E-state index contributed by atoms with van der Waals surface area (Å²) < 4.78 is 0. The van der Waals surface area contributed by atoms with Crippen LogP contribution < -0.4 is 10.2 Å². The predicted octanol–water partition coefficient (Wildman–Crippen LogP) is 0.845. The van der Waals surface area contributed by atoms with Crippen LogP contribution in [0.5, 0.6) is 0 Å². The molecular formula is C21H36N3O2+. The fraction of sp³-hybridized carbons (Fsp3) is 0.905. The average molecular weight is 363 g/mol. The summed E-state index contributed by atoms with van der Waals surface area (Å²) in [6.45, 7) is 5.91. The van der Waals surface area contributed by atoms with Gasteiger partial charge in [-0.3, -0.25) is 9.59 Å². The first-order valence-electron chi connectivity index (χ1n) is 10.8. The number of carbonyl (C=O) groups is 2. The molecule has 1 heterocycles. The van der Waals surface area contributed by atoms with Crippen molar-refractivity contribution in [3.63, 3.8) is 0 Å². The van der Waals surface area contributed by atoms with Crippen LogP contribution in [0, 0.1) is 23.2 Å². The quantitative estimate of drug-likeness (QED) is 0.762. The lowest BCUT2D eigenvalue weighted by atomic mass is 9.48. The lowest BCUT2D eigenvalue weighted by molar-refractivity contribution is -0.883. The Balaban J connectivity index is 1.25. The van der Waals surface area contributed by atoms with Crippen LogP contribution >= 0.6 is 0 Å². The molecule has 4 aliphatic carbocycles. The number of carbonyl (C=O) groups excluding carboxylic acids is 2. The summed E-state index contributed by atoms with van der Waals surface area (Å²) in [6.07, 6.45) is 8.92. The van der Waals surface area contributed by atoms with Crippen LogP contribution in [0.25, 0.3) is 0 Å². The molecule has 4 bridgehead atoms. The predicted molar refractivity (Wildman–Crippen MR) is 101 cm³/mol. The van der Waals surface area contributed by atoms with Gasteiger partial charge in [0.15, 0.2) is 0 Å². The fourth-order valence-electron chi connectivity index (χ4n) is 6.69. The lowest BCUT2D eigenvalue weighted by Crippen LogP contribution is -3.12. The Bertz CT molecular complexity index is 518. The van der Waals surface area contributed by atoms with E-state index in [1.807, 2.05) is 4.90 Å². The van der Waals surface area contributed by atoms with Gasteiger partial charge in [0.25, 0.3) is 0 Å². The summed E-state index contributed by atoms with van der Waals surface area (Å²) in [6, 6.07) is 0.255. The summed E-state index contributed by atoms with van der Waals surface area (Å²) in [5.74, 6) is 2.93. The number of piperazine rings is 1. The van der Waals surface area contributed by atoms with Crippen LogP contribution in [0.4, 0.5) is 0 Å². The summed E-state index contributed by atoms with van der Waals surface area (Å²) in [5, 5.41) is 3.29. The second kappa shape index (κ2) is 7.14. The first-order valence-corrected chi connectivity index (χ1v) is 10.8. The Labute approximate surface area is 157 Å². The number of quaternary nitrogens is 1. The van der Waals surface area contributed by atoms with E-state index < -0.39 is 0 Å². The highest BCUT2D eigenvalue weighted by atomic mass is 16.2. The zero-order valence-corrected chi connectivity index (χ0v) is 16.6. The molecule has 2 N–H and O–H groups in total. The molecule has 5 heteroatoms. The molecule has 26 heavy (non-hydrogen) atoms. The van der Waals surface area contributed by atoms with Crippen LogP contribution in [0.1, 0.15) is 58.3 Å². The number of hydrogen-bond acceptors (Lipinski definition) is 2. The second-order valence-electron chi connectivity index (χ2n) is 9.91. The van der Waals surface area contributed by atoms with Crippen LogP contribution in [-0.4, -0.2) is 56.0 Å². The van der Waals surface area contributed by atoms with Gasteiger partial charge in [0, 0.05) is 18.9 Å². The highest BCUT2D eigenvalue weighted by Gasteiger charge is 2.53. The van der Waals surface area contributed by atoms with Crippen molar-refractivity contribution in [3.05, 3.63) is 0 Å². The van der Waals surface area contributed by atoms with E-state index in [0.717, 1.165) is 43.9 Å². The van der Waals surface area contributed by atoms with Crippen LogP contribution in [0.3, 0.4) is 0 Å². The molecule has 1 saturated heterocycles.